The van der Waals surface area contributed by atoms with Crippen molar-refractivity contribution in [2.75, 3.05) is 12.4 Å². The lowest BCUT2D eigenvalue weighted by Gasteiger charge is -2.37. The first-order chi connectivity index (χ1) is 17.9. The average Bonchev–Trinajstić information content (AvgIpc) is 3.59. The third kappa shape index (κ3) is 5.51. The fraction of sp³-hybridized carbons (Fsp3) is 0.385. The van der Waals surface area contributed by atoms with Crippen LogP contribution in [0.5, 0.6) is 0 Å². The summed E-state index contributed by atoms with van der Waals surface area (Å²) < 4.78 is 7.50. The summed E-state index contributed by atoms with van der Waals surface area (Å²) >= 11 is 0. The van der Waals surface area contributed by atoms with Crippen molar-refractivity contribution in [2.24, 2.45) is 0 Å². The van der Waals surface area contributed by atoms with Gasteiger partial charge in [0.25, 0.3) is 5.91 Å². The second kappa shape index (κ2) is 10.5. The van der Waals surface area contributed by atoms with Gasteiger partial charge in [-0.25, -0.2) is 19.6 Å². The fourth-order valence-electron chi connectivity index (χ4n) is 4.72. The number of nitrogens with zero attached hydrogens (tertiary/aromatic N) is 6. The number of nitrogens with one attached hydrogen (secondary N) is 3. The number of ether oxygens (including phenoxy) is 1. The molecule has 0 bridgehead atoms. The predicted octanol–water partition coefficient (Wildman–Crippen LogP) is 3.50. The third-order valence-corrected chi connectivity index (χ3v) is 6.80. The number of carbonyl (C=O) groups excluding carboxylic acids is 1. The van der Waals surface area contributed by atoms with Gasteiger partial charge in [-0.05, 0) is 57.2 Å². The van der Waals surface area contributed by atoms with Crippen molar-refractivity contribution in [1.82, 2.24) is 40.2 Å². The number of aromatic amines is 1. The van der Waals surface area contributed by atoms with Crippen LogP contribution in [-0.2, 0) is 16.1 Å². The van der Waals surface area contributed by atoms with Crippen molar-refractivity contribution in [2.45, 2.75) is 57.6 Å². The summed E-state index contributed by atoms with van der Waals surface area (Å²) in [5.41, 5.74) is 1.89. The zero-order valence-corrected chi connectivity index (χ0v) is 21.2. The van der Waals surface area contributed by atoms with Crippen LogP contribution in [0.3, 0.4) is 0 Å². The van der Waals surface area contributed by atoms with E-state index in [-0.39, 0.29) is 11.8 Å². The number of anilines is 2. The minimum absolute atomic E-state index is 0.106. The van der Waals surface area contributed by atoms with Gasteiger partial charge in [-0.1, -0.05) is 6.07 Å². The molecule has 1 amide bonds. The van der Waals surface area contributed by atoms with Gasteiger partial charge < -0.3 is 15.4 Å². The van der Waals surface area contributed by atoms with E-state index < -0.39 is 5.60 Å². The number of amides is 1. The van der Waals surface area contributed by atoms with Crippen LogP contribution in [0.2, 0.25) is 0 Å². The monoisotopic (exact) mass is 501 g/mol. The minimum atomic E-state index is -0.865. The Bertz CT molecular complexity index is 1340. The lowest BCUT2D eigenvalue weighted by molar-refractivity contribution is -0.148. The number of aryl methyl sites for hydroxylation is 2. The van der Waals surface area contributed by atoms with Crippen molar-refractivity contribution >= 4 is 17.5 Å². The van der Waals surface area contributed by atoms with Crippen LogP contribution in [0.25, 0.3) is 5.82 Å². The molecule has 1 saturated carbocycles. The molecule has 4 heterocycles. The summed E-state index contributed by atoms with van der Waals surface area (Å²) in [6.07, 6.45) is 7.99. The van der Waals surface area contributed by atoms with Crippen molar-refractivity contribution in [3.8, 4) is 5.82 Å². The Kier molecular flexibility index (Phi) is 6.95. The maximum Gasteiger partial charge on any atom is 0.252 e. The van der Waals surface area contributed by atoms with Gasteiger partial charge in [-0.2, -0.15) is 10.2 Å². The lowest BCUT2D eigenvalue weighted by atomic mass is 9.77. The number of carbonyl (C=O) groups is 1. The molecule has 5 rings (SSSR count). The van der Waals surface area contributed by atoms with Gasteiger partial charge in [0.2, 0.25) is 0 Å². The van der Waals surface area contributed by atoms with Crippen LogP contribution in [0.1, 0.15) is 54.4 Å². The van der Waals surface area contributed by atoms with Gasteiger partial charge in [0, 0.05) is 61.7 Å². The largest absolute Gasteiger partial charge is 0.368 e. The Morgan fingerprint density at radius 2 is 2.03 bits per heavy atom. The molecule has 0 atom stereocenters. The highest BCUT2D eigenvalue weighted by Crippen LogP contribution is 2.39. The Hall–Kier alpha value is -4.12. The maximum absolute atomic E-state index is 13.2. The highest BCUT2D eigenvalue weighted by atomic mass is 16.5. The van der Waals surface area contributed by atoms with Crippen LogP contribution in [0, 0.1) is 13.8 Å². The quantitative estimate of drug-likeness (QED) is 0.334. The summed E-state index contributed by atoms with van der Waals surface area (Å²) in [5, 5.41) is 17.6. The Morgan fingerprint density at radius 1 is 1.19 bits per heavy atom. The van der Waals surface area contributed by atoms with Crippen LogP contribution < -0.4 is 10.6 Å². The Labute approximate surface area is 215 Å². The first-order valence-electron chi connectivity index (χ1n) is 12.4. The molecule has 1 fully saturated rings. The fourth-order valence-corrected chi connectivity index (χ4v) is 4.72. The molecule has 0 spiro atoms. The SMILES string of the molecule is CO[C@]1(C(=O)NCc2ccc(-n3cccn3)nc2)CC[C@H](c2nc(C)cc(Nc3cc(C)[nH]n3)n2)CC1. The van der Waals surface area contributed by atoms with Gasteiger partial charge in [0.05, 0.1) is 0 Å². The molecular weight excluding hydrogens is 470 g/mol. The van der Waals surface area contributed by atoms with Gasteiger partial charge in [0.1, 0.15) is 17.2 Å². The first-order valence-corrected chi connectivity index (χ1v) is 12.4. The predicted molar refractivity (Wildman–Crippen MR) is 138 cm³/mol. The van der Waals surface area contributed by atoms with Crippen LogP contribution in [-0.4, -0.2) is 53.5 Å². The van der Waals surface area contributed by atoms with Gasteiger partial charge in [-0.15, -0.1) is 0 Å². The van der Waals surface area contributed by atoms with E-state index in [1.165, 1.54) is 0 Å². The zero-order chi connectivity index (χ0) is 25.8. The molecule has 4 aromatic rings. The standard InChI is InChI=1S/C26H31N9O2/c1-17-13-21(31-22-14-18(2)33-34-22)32-24(30-17)20-7-9-26(37-3,10-8-20)25(36)28-16-19-5-6-23(27-15-19)35-12-4-11-29-35/h4-6,11-15,20H,7-10,16H2,1-3H3,(H,28,36)(H2,30,31,32,33,34)/t20-,26+. The number of rotatable bonds is 8. The smallest absolute Gasteiger partial charge is 0.252 e. The van der Waals surface area contributed by atoms with Crippen LogP contribution in [0.15, 0.2) is 48.9 Å². The summed E-state index contributed by atoms with van der Waals surface area (Å²) in [6.45, 7) is 4.28. The topological polar surface area (TPSA) is 136 Å². The number of H-pyrrole nitrogens is 1. The van der Waals surface area contributed by atoms with Crippen molar-refractivity contribution < 1.29 is 9.53 Å². The molecule has 0 radical (unpaired) electrons. The van der Waals surface area contributed by atoms with Crippen molar-refractivity contribution in [1.29, 1.82) is 0 Å². The van der Waals surface area contributed by atoms with Crippen molar-refractivity contribution in [3.05, 3.63) is 71.7 Å². The molecule has 11 nitrogen and oxygen atoms in total. The first kappa shape index (κ1) is 24.6. The van der Waals surface area contributed by atoms with Crippen LogP contribution in [0.4, 0.5) is 11.6 Å². The third-order valence-electron chi connectivity index (χ3n) is 6.80. The molecule has 3 N–H and O–H groups in total. The highest BCUT2D eigenvalue weighted by molar-refractivity contribution is 5.85. The lowest BCUT2D eigenvalue weighted by Crippen LogP contribution is -2.50. The molecule has 192 valence electrons. The summed E-state index contributed by atoms with van der Waals surface area (Å²) in [7, 11) is 1.61. The van der Waals surface area contributed by atoms with E-state index in [2.05, 4.69) is 30.9 Å². The van der Waals surface area contributed by atoms with E-state index in [0.717, 1.165) is 41.4 Å². The molecule has 0 saturated heterocycles. The Morgan fingerprint density at radius 3 is 2.68 bits per heavy atom. The highest BCUT2D eigenvalue weighted by Gasteiger charge is 2.42. The molecule has 11 heteroatoms. The second-order valence-electron chi connectivity index (χ2n) is 9.44. The van der Waals surface area contributed by atoms with Gasteiger partial charge in [-0.3, -0.25) is 9.89 Å². The molecular formula is C26H31N9O2. The summed E-state index contributed by atoms with van der Waals surface area (Å²) in [4.78, 5) is 27.1. The molecule has 1 aliphatic carbocycles. The number of methoxy groups -OCH3 is 1. The number of hydrogen-bond donors (Lipinski definition) is 3. The van der Waals surface area contributed by atoms with Crippen LogP contribution >= 0.6 is 0 Å². The Balaban J connectivity index is 1.20. The molecule has 0 unspecified atom stereocenters. The van der Waals surface area contributed by atoms with E-state index >= 15 is 0 Å². The van der Waals surface area contributed by atoms with E-state index in [4.69, 9.17) is 14.7 Å². The minimum Gasteiger partial charge on any atom is -0.368 e. The molecule has 37 heavy (non-hydrogen) atoms. The van der Waals surface area contributed by atoms with Crippen molar-refractivity contribution in [3.63, 3.8) is 0 Å². The maximum atomic E-state index is 13.2. The zero-order valence-electron chi connectivity index (χ0n) is 21.2. The summed E-state index contributed by atoms with van der Waals surface area (Å²) in [5.74, 6) is 2.97. The average molecular weight is 502 g/mol. The normalized spacial score (nSPS) is 19.5. The summed E-state index contributed by atoms with van der Waals surface area (Å²) in [6, 6.07) is 9.49. The van der Waals surface area contributed by atoms with E-state index in [0.29, 0.717) is 31.0 Å². The van der Waals surface area contributed by atoms with E-state index in [9.17, 15) is 4.79 Å². The number of pyridine rings is 1. The van der Waals surface area contributed by atoms with Gasteiger partial charge in [0.15, 0.2) is 11.6 Å². The molecule has 1 aliphatic rings. The molecule has 0 aromatic carbocycles. The molecule has 0 aliphatic heterocycles. The van der Waals surface area contributed by atoms with Gasteiger partial charge >= 0.3 is 0 Å². The number of aromatic nitrogens is 7. The second-order valence-corrected chi connectivity index (χ2v) is 9.44. The number of hydrogen-bond acceptors (Lipinski definition) is 8. The molecule has 4 aromatic heterocycles. The van der Waals surface area contributed by atoms with E-state index in [1.807, 2.05) is 50.4 Å². The van der Waals surface area contributed by atoms with E-state index in [1.54, 1.807) is 24.2 Å².